The van der Waals surface area contributed by atoms with Crippen molar-refractivity contribution >= 4 is 11.8 Å². The van der Waals surface area contributed by atoms with Crippen LogP contribution >= 0.6 is 0 Å². The molecule has 0 atom stereocenters. The van der Waals surface area contributed by atoms with Gasteiger partial charge in [-0.15, -0.1) is 0 Å². The van der Waals surface area contributed by atoms with Crippen molar-refractivity contribution in [3.63, 3.8) is 0 Å². The maximum atomic E-state index is 12.5. The Morgan fingerprint density at radius 2 is 1.63 bits per heavy atom. The molecule has 0 spiro atoms. The van der Waals surface area contributed by atoms with Gasteiger partial charge in [0.2, 0.25) is 0 Å². The second-order valence-corrected chi connectivity index (χ2v) is 6.98. The van der Waals surface area contributed by atoms with Crippen molar-refractivity contribution in [2.75, 3.05) is 26.7 Å². The van der Waals surface area contributed by atoms with Crippen molar-refractivity contribution in [2.45, 2.75) is 25.3 Å². The Kier molecular flexibility index (Phi) is 6.60. The van der Waals surface area contributed by atoms with Crippen LogP contribution < -0.4 is 10.6 Å². The topological polar surface area (TPSA) is 61.4 Å². The Bertz CT molecular complexity index is 768. The van der Waals surface area contributed by atoms with Crippen molar-refractivity contribution < 1.29 is 9.59 Å². The number of piperidine rings is 1. The molecular formula is C22H27N3O2. The normalized spacial score (nSPS) is 15.3. The Labute approximate surface area is 160 Å². The van der Waals surface area contributed by atoms with Crippen LogP contribution in [0.5, 0.6) is 0 Å². The summed E-state index contributed by atoms with van der Waals surface area (Å²) in [4.78, 5) is 26.7. The molecule has 1 fully saturated rings. The zero-order valence-corrected chi connectivity index (χ0v) is 15.8. The van der Waals surface area contributed by atoms with Gasteiger partial charge in [-0.2, -0.15) is 0 Å². The summed E-state index contributed by atoms with van der Waals surface area (Å²) in [6.07, 6.45) is 2.97. The van der Waals surface area contributed by atoms with Crippen molar-refractivity contribution in [3.8, 4) is 0 Å². The van der Waals surface area contributed by atoms with Crippen LogP contribution in [0.3, 0.4) is 0 Å². The van der Waals surface area contributed by atoms with Gasteiger partial charge < -0.3 is 15.5 Å². The van der Waals surface area contributed by atoms with Gasteiger partial charge in [0.05, 0.1) is 0 Å². The zero-order valence-electron chi connectivity index (χ0n) is 15.8. The van der Waals surface area contributed by atoms with Gasteiger partial charge in [0.1, 0.15) is 0 Å². The van der Waals surface area contributed by atoms with Crippen LogP contribution in [0.2, 0.25) is 0 Å². The lowest BCUT2D eigenvalue weighted by Crippen LogP contribution is -2.45. The number of amides is 2. The molecule has 0 bridgehead atoms. The number of hydrogen-bond acceptors (Lipinski definition) is 3. The molecular weight excluding hydrogens is 338 g/mol. The number of likely N-dealkylation sites (tertiary alicyclic amines) is 1. The molecule has 5 nitrogen and oxygen atoms in total. The molecule has 2 aromatic rings. The maximum absolute atomic E-state index is 12.5. The summed E-state index contributed by atoms with van der Waals surface area (Å²) in [5, 5.41) is 5.70. The van der Waals surface area contributed by atoms with Gasteiger partial charge in [-0.05, 0) is 43.0 Å². The van der Waals surface area contributed by atoms with E-state index in [0.29, 0.717) is 11.1 Å². The van der Waals surface area contributed by atoms with Gasteiger partial charge in [0.25, 0.3) is 11.8 Å². The highest BCUT2D eigenvalue weighted by atomic mass is 16.2. The van der Waals surface area contributed by atoms with E-state index in [0.717, 1.165) is 38.9 Å². The summed E-state index contributed by atoms with van der Waals surface area (Å²) in [5.41, 5.74) is 2.40. The van der Waals surface area contributed by atoms with Gasteiger partial charge in [-0.1, -0.05) is 36.4 Å². The van der Waals surface area contributed by atoms with Crippen LogP contribution in [0.25, 0.3) is 0 Å². The number of nitrogens with one attached hydrogen (secondary N) is 2. The van der Waals surface area contributed by atoms with Crippen molar-refractivity contribution in [1.82, 2.24) is 15.5 Å². The third-order valence-electron chi connectivity index (χ3n) is 5.10. The Morgan fingerprint density at radius 3 is 2.30 bits per heavy atom. The highest BCUT2D eigenvalue weighted by Crippen LogP contribution is 2.13. The van der Waals surface area contributed by atoms with Gasteiger partial charge in [-0.3, -0.25) is 9.59 Å². The molecule has 2 amide bonds. The van der Waals surface area contributed by atoms with Gasteiger partial charge in [-0.25, -0.2) is 0 Å². The van der Waals surface area contributed by atoms with E-state index in [9.17, 15) is 9.59 Å². The minimum Gasteiger partial charge on any atom is -0.355 e. The predicted octanol–water partition coefficient (Wildman–Crippen LogP) is 2.48. The molecule has 2 N–H and O–H groups in total. The van der Waals surface area contributed by atoms with Crippen molar-refractivity contribution in [3.05, 3.63) is 71.3 Å². The Morgan fingerprint density at radius 1 is 0.963 bits per heavy atom. The fourth-order valence-electron chi connectivity index (χ4n) is 3.45. The lowest BCUT2D eigenvalue weighted by molar-refractivity contribution is 0.0911. The fourth-order valence-corrected chi connectivity index (χ4v) is 3.45. The number of carbonyl (C=O) groups is 2. The summed E-state index contributed by atoms with van der Waals surface area (Å²) in [5.74, 6) is -0.292. The number of carbonyl (C=O) groups excluding carboxylic acids is 2. The molecule has 0 radical (unpaired) electrons. The average molecular weight is 365 g/mol. The molecule has 1 aliphatic rings. The van der Waals surface area contributed by atoms with E-state index in [1.54, 1.807) is 31.3 Å². The summed E-state index contributed by atoms with van der Waals surface area (Å²) >= 11 is 0. The summed E-state index contributed by atoms with van der Waals surface area (Å²) in [7, 11) is 1.58. The van der Waals surface area contributed by atoms with E-state index in [2.05, 4.69) is 39.8 Å². The van der Waals surface area contributed by atoms with Crippen LogP contribution in [0.4, 0.5) is 0 Å². The smallest absolute Gasteiger partial charge is 0.251 e. The second-order valence-electron chi connectivity index (χ2n) is 6.98. The van der Waals surface area contributed by atoms with Crippen LogP contribution in [0.1, 0.15) is 39.1 Å². The molecule has 0 unspecified atom stereocenters. The fraction of sp³-hybridized carbons (Fsp3) is 0.364. The van der Waals surface area contributed by atoms with Crippen molar-refractivity contribution in [2.24, 2.45) is 0 Å². The van der Waals surface area contributed by atoms with Crippen molar-refractivity contribution in [1.29, 1.82) is 0 Å². The first-order valence-corrected chi connectivity index (χ1v) is 9.55. The summed E-state index contributed by atoms with van der Waals surface area (Å²) in [6, 6.07) is 17.6. The summed E-state index contributed by atoms with van der Waals surface area (Å²) < 4.78 is 0. The highest BCUT2D eigenvalue weighted by molar-refractivity contribution is 5.99. The molecule has 27 heavy (non-hydrogen) atoms. The van der Waals surface area contributed by atoms with E-state index in [4.69, 9.17) is 0 Å². The molecule has 0 aliphatic carbocycles. The lowest BCUT2D eigenvalue weighted by Gasteiger charge is -2.32. The minimum absolute atomic E-state index is 0.108. The predicted molar refractivity (Wildman–Crippen MR) is 107 cm³/mol. The van der Waals surface area contributed by atoms with E-state index in [1.165, 1.54) is 5.56 Å². The Balaban J connectivity index is 1.46. The van der Waals surface area contributed by atoms with Gasteiger partial charge in [0, 0.05) is 43.9 Å². The van der Waals surface area contributed by atoms with E-state index >= 15 is 0 Å². The SMILES string of the molecule is CNC(=O)c1cccc(C(=O)NC2CCN(CCc3ccccc3)CC2)c1. The molecule has 5 heteroatoms. The number of hydrogen-bond donors (Lipinski definition) is 2. The first-order chi connectivity index (χ1) is 13.2. The quantitative estimate of drug-likeness (QED) is 0.827. The second kappa shape index (κ2) is 9.33. The van der Waals surface area contributed by atoms with Crippen LogP contribution in [-0.4, -0.2) is 49.4 Å². The zero-order chi connectivity index (χ0) is 19.1. The first-order valence-electron chi connectivity index (χ1n) is 9.55. The number of rotatable bonds is 6. The van der Waals surface area contributed by atoms with E-state index in [1.807, 2.05) is 6.07 Å². The van der Waals surface area contributed by atoms with E-state index < -0.39 is 0 Å². The number of nitrogens with zero attached hydrogens (tertiary/aromatic N) is 1. The third-order valence-corrected chi connectivity index (χ3v) is 5.10. The average Bonchev–Trinajstić information content (AvgIpc) is 2.73. The van der Waals surface area contributed by atoms with Gasteiger partial charge in [0.15, 0.2) is 0 Å². The highest BCUT2D eigenvalue weighted by Gasteiger charge is 2.21. The minimum atomic E-state index is -0.184. The molecule has 3 rings (SSSR count). The molecule has 1 heterocycles. The number of benzene rings is 2. The first kappa shape index (κ1) is 19.1. The molecule has 1 saturated heterocycles. The molecule has 0 saturated carbocycles. The Hall–Kier alpha value is -2.66. The lowest BCUT2D eigenvalue weighted by atomic mass is 10.0. The van der Waals surface area contributed by atoms with Crippen LogP contribution in [0, 0.1) is 0 Å². The van der Waals surface area contributed by atoms with Gasteiger partial charge >= 0.3 is 0 Å². The largest absolute Gasteiger partial charge is 0.355 e. The van der Waals surface area contributed by atoms with E-state index in [-0.39, 0.29) is 17.9 Å². The molecule has 142 valence electrons. The molecule has 2 aromatic carbocycles. The molecule has 1 aliphatic heterocycles. The monoisotopic (exact) mass is 365 g/mol. The summed E-state index contributed by atoms with van der Waals surface area (Å²) in [6.45, 7) is 3.05. The standard InChI is InChI=1S/C22H27N3O2/c1-23-21(26)18-8-5-9-19(16-18)22(27)24-20-11-14-25(15-12-20)13-10-17-6-3-2-4-7-17/h2-9,16,20H,10-15H2,1H3,(H,23,26)(H,24,27). The third kappa shape index (κ3) is 5.41. The van der Waals surface area contributed by atoms with Crippen LogP contribution in [0.15, 0.2) is 54.6 Å². The maximum Gasteiger partial charge on any atom is 0.251 e. The van der Waals surface area contributed by atoms with Crippen LogP contribution in [-0.2, 0) is 6.42 Å². The molecule has 0 aromatic heterocycles.